The van der Waals surface area contributed by atoms with Crippen LogP contribution in [0, 0.1) is 0 Å². The van der Waals surface area contributed by atoms with Crippen molar-refractivity contribution in [1.82, 2.24) is 14.8 Å². The molecule has 4 heteroatoms. The summed E-state index contributed by atoms with van der Waals surface area (Å²) < 4.78 is 2.10. The van der Waals surface area contributed by atoms with Crippen molar-refractivity contribution in [2.75, 3.05) is 13.1 Å². The molecule has 2 heterocycles. The molecule has 1 N–H and O–H groups in total. The van der Waals surface area contributed by atoms with Gasteiger partial charge in [0.15, 0.2) is 0 Å². The van der Waals surface area contributed by atoms with Crippen molar-refractivity contribution in [1.29, 1.82) is 0 Å². The molecule has 0 radical (unpaired) electrons. The molecule has 3 rings (SSSR count). The molecule has 0 aliphatic carbocycles. The number of nitrogens with zero attached hydrogens (tertiary/aromatic N) is 2. The van der Waals surface area contributed by atoms with E-state index < -0.39 is 0 Å². The highest BCUT2D eigenvalue weighted by Crippen LogP contribution is 2.18. The van der Waals surface area contributed by atoms with Gasteiger partial charge in [-0.1, -0.05) is 26.0 Å². The van der Waals surface area contributed by atoms with Gasteiger partial charge in [-0.2, -0.15) is 0 Å². The van der Waals surface area contributed by atoms with E-state index in [-0.39, 0.29) is 5.91 Å². The van der Waals surface area contributed by atoms with Gasteiger partial charge in [-0.05, 0) is 35.9 Å². The van der Waals surface area contributed by atoms with Crippen LogP contribution in [0.1, 0.15) is 32.3 Å². The molecule has 1 fully saturated rings. The molecule has 1 aromatic heterocycles. The van der Waals surface area contributed by atoms with Gasteiger partial charge in [0, 0.05) is 43.9 Å². The second-order valence-corrected chi connectivity index (χ2v) is 6.97. The number of rotatable bonds is 4. The number of likely N-dealkylation sites (tertiary alicyclic amines) is 1. The molecule has 0 saturated carbocycles. The summed E-state index contributed by atoms with van der Waals surface area (Å²) in [4.78, 5) is 14.6. The molecule has 1 aromatic carbocycles. The minimum atomic E-state index is 0.251. The topological polar surface area (TPSA) is 37.3 Å². The third-order valence-electron chi connectivity index (χ3n) is 4.72. The van der Waals surface area contributed by atoms with Gasteiger partial charge >= 0.3 is 0 Å². The smallest absolute Gasteiger partial charge is 0.226 e. The maximum Gasteiger partial charge on any atom is 0.226 e. The Morgan fingerprint density at radius 2 is 2.00 bits per heavy atom. The average Bonchev–Trinajstić information content (AvgIpc) is 2.88. The number of nitrogens with one attached hydrogen (secondary N) is 1. The van der Waals surface area contributed by atoms with Gasteiger partial charge < -0.3 is 14.8 Å². The first-order valence-corrected chi connectivity index (χ1v) is 8.60. The Morgan fingerprint density at radius 3 is 2.70 bits per heavy atom. The molecule has 124 valence electrons. The number of fused-ring (bicyclic) bond motifs is 1. The molecule has 1 amide bonds. The molecular weight excluding hydrogens is 286 g/mol. The third kappa shape index (κ3) is 3.75. The summed E-state index contributed by atoms with van der Waals surface area (Å²) in [6.07, 6.45) is 4.67. The first kappa shape index (κ1) is 16.1. The van der Waals surface area contributed by atoms with Crippen LogP contribution in [0.3, 0.4) is 0 Å². The third-order valence-corrected chi connectivity index (χ3v) is 4.72. The van der Waals surface area contributed by atoms with Crippen molar-refractivity contribution in [3.8, 4) is 0 Å². The molecule has 4 nitrogen and oxygen atoms in total. The van der Waals surface area contributed by atoms with Gasteiger partial charge in [0.25, 0.3) is 0 Å². The predicted molar refractivity (Wildman–Crippen MR) is 94.5 cm³/mol. The minimum absolute atomic E-state index is 0.251. The van der Waals surface area contributed by atoms with E-state index in [1.54, 1.807) is 0 Å². The lowest BCUT2D eigenvalue weighted by atomic mass is 10.0. The first-order valence-electron chi connectivity index (χ1n) is 8.60. The van der Waals surface area contributed by atoms with Crippen LogP contribution in [-0.2, 0) is 18.3 Å². The summed E-state index contributed by atoms with van der Waals surface area (Å²) in [6, 6.07) is 9.50. The molecule has 1 aliphatic rings. The van der Waals surface area contributed by atoms with Crippen LogP contribution in [-0.4, -0.2) is 40.5 Å². The quantitative estimate of drug-likeness (QED) is 0.942. The molecule has 0 unspecified atom stereocenters. The standard InChI is InChI=1S/C19H27N3O/c1-14(2)20-17-7-10-22(11-8-17)19(23)13-15-4-5-16-6-9-21(3)18(16)12-15/h4-6,9,12,14,17,20H,7-8,10-11,13H2,1-3H3. The lowest BCUT2D eigenvalue weighted by Gasteiger charge is -2.33. The molecule has 2 aromatic rings. The fourth-order valence-electron chi connectivity index (χ4n) is 3.47. The van der Waals surface area contributed by atoms with Crippen LogP contribution >= 0.6 is 0 Å². The van der Waals surface area contributed by atoms with Crippen molar-refractivity contribution < 1.29 is 4.79 Å². The van der Waals surface area contributed by atoms with E-state index in [0.717, 1.165) is 31.5 Å². The zero-order chi connectivity index (χ0) is 16.4. The molecule has 0 spiro atoms. The summed E-state index contributed by atoms with van der Waals surface area (Å²) >= 11 is 0. The van der Waals surface area contributed by atoms with Crippen molar-refractivity contribution in [3.05, 3.63) is 36.0 Å². The Kier molecular flexibility index (Phi) is 4.71. The zero-order valence-corrected chi connectivity index (χ0v) is 14.4. The van der Waals surface area contributed by atoms with Crippen LogP contribution in [0.15, 0.2) is 30.5 Å². The number of carbonyl (C=O) groups is 1. The van der Waals surface area contributed by atoms with Crippen molar-refractivity contribution in [3.63, 3.8) is 0 Å². The number of carbonyl (C=O) groups excluding carboxylic acids is 1. The Hall–Kier alpha value is -1.81. The number of hydrogen-bond donors (Lipinski definition) is 1. The summed E-state index contributed by atoms with van der Waals surface area (Å²) in [5, 5.41) is 4.80. The van der Waals surface area contributed by atoms with Gasteiger partial charge in [0.05, 0.1) is 6.42 Å². The number of hydrogen-bond acceptors (Lipinski definition) is 2. The van der Waals surface area contributed by atoms with Crippen LogP contribution in [0.4, 0.5) is 0 Å². The number of amides is 1. The van der Waals surface area contributed by atoms with E-state index in [4.69, 9.17) is 0 Å². The molecule has 0 bridgehead atoms. The highest BCUT2D eigenvalue weighted by Gasteiger charge is 2.23. The highest BCUT2D eigenvalue weighted by atomic mass is 16.2. The van der Waals surface area contributed by atoms with Gasteiger partial charge in [0.1, 0.15) is 0 Å². The van der Waals surface area contributed by atoms with E-state index >= 15 is 0 Å². The van der Waals surface area contributed by atoms with Crippen LogP contribution in [0.25, 0.3) is 10.9 Å². The number of piperidine rings is 1. The monoisotopic (exact) mass is 313 g/mol. The number of benzene rings is 1. The molecular formula is C19H27N3O. The number of aryl methyl sites for hydroxylation is 1. The summed E-state index contributed by atoms with van der Waals surface area (Å²) in [6.45, 7) is 6.10. The van der Waals surface area contributed by atoms with E-state index in [2.05, 4.69) is 54.2 Å². The molecule has 0 atom stereocenters. The summed E-state index contributed by atoms with van der Waals surface area (Å²) in [5.74, 6) is 0.251. The van der Waals surface area contributed by atoms with E-state index in [9.17, 15) is 4.79 Å². The summed E-state index contributed by atoms with van der Waals surface area (Å²) in [7, 11) is 2.04. The average molecular weight is 313 g/mol. The Morgan fingerprint density at radius 1 is 1.26 bits per heavy atom. The predicted octanol–water partition coefficient (Wildman–Crippen LogP) is 2.71. The Balaban J connectivity index is 1.59. The van der Waals surface area contributed by atoms with Crippen molar-refractivity contribution in [2.45, 2.75) is 45.2 Å². The van der Waals surface area contributed by atoms with Crippen LogP contribution in [0.5, 0.6) is 0 Å². The minimum Gasteiger partial charge on any atom is -0.351 e. The van der Waals surface area contributed by atoms with E-state index in [0.29, 0.717) is 18.5 Å². The van der Waals surface area contributed by atoms with Gasteiger partial charge in [-0.25, -0.2) is 0 Å². The zero-order valence-electron chi connectivity index (χ0n) is 14.4. The van der Waals surface area contributed by atoms with E-state index in [1.165, 1.54) is 10.9 Å². The number of aromatic nitrogens is 1. The maximum absolute atomic E-state index is 12.6. The largest absolute Gasteiger partial charge is 0.351 e. The van der Waals surface area contributed by atoms with Crippen LogP contribution < -0.4 is 5.32 Å². The highest BCUT2D eigenvalue weighted by molar-refractivity contribution is 5.84. The summed E-state index contributed by atoms with van der Waals surface area (Å²) in [5.41, 5.74) is 2.29. The van der Waals surface area contributed by atoms with Gasteiger partial charge in [-0.3, -0.25) is 4.79 Å². The van der Waals surface area contributed by atoms with Crippen molar-refractivity contribution >= 4 is 16.8 Å². The second-order valence-electron chi connectivity index (χ2n) is 6.97. The second kappa shape index (κ2) is 6.75. The van der Waals surface area contributed by atoms with Gasteiger partial charge in [-0.15, -0.1) is 0 Å². The van der Waals surface area contributed by atoms with Crippen molar-refractivity contribution in [2.24, 2.45) is 7.05 Å². The maximum atomic E-state index is 12.6. The fraction of sp³-hybridized carbons (Fsp3) is 0.526. The van der Waals surface area contributed by atoms with Gasteiger partial charge in [0.2, 0.25) is 5.91 Å². The normalized spacial score (nSPS) is 16.4. The molecule has 1 saturated heterocycles. The first-order chi connectivity index (χ1) is 11.0. The van der Waals surface area contributed by atoms with E-state index in [1.807, 2.05) is 11.9 Å². The lowest BCUT2D eigenvalue weighted by molar-refractivity contribution is -0.131. The fourth-order valence-corrected chi connectivity index (χ4v) is 3.47. The Labute approximate surface area is 138 Å². The molecule has 23 heavy (non-hydrogen) atoms. The molecule has 1 aliphatic heterocycles. The Bertz CT molecular complexity index is 681. The lowest BCUT2D eigenvalue weighted by Crippen LogP contribution is -2.47. The van der Waals surface area contributed by atoms with Crippen LogP contribution in [0.2, 0.25) is 0 Å². The SMILES string of the molecule is CC(C)NC1CCN(C(=O)Cc2ccc3ccn(C)c3c2)CC1.